The molecule has 0 radical (unpaired) electrons. The van der Waals surface area contributed by atoms with Crippen molar-refractivity contribution in [1.29, 1.82) is 0 Å². The summed E-state index contributed by atoms with van der Waals surface area (Å²) in [6.07, 6.45) is 0. The van der Waals surface area contributed by atoms with Gasteiger partial charge in [-0.2, -0.15) is 0 Å². The molecule has 1 aliphatic heterocycles. The molecule has 17 heavy (non-hydrogen) atoms. The summed E-state index contributed by atoms with van der Waals surface area (Å²) in [4.78, 5) is 2.43. The van der Waals surface area contributed by atoms with Crippen LogP contribution in [0.5, 0.6) is 0 Å². The van der Waals surface area contributed by atoms with E-state index in [0.717, 1.165) is 38.8 Å². The second-order valence-electron chi connectivity index (χ2n) is 5.11. The lowest BCUT2D eigenvalue weighted by atomic mass is 10.2. The van der Waals surface area contributed by atoms with Crippen LogP contribution in [0, 0.1) is 5.92 Å². The molecule has 1 aromatic carbocycles. The van der Waals surface area contributed by atoms with Gasteiger partial charge in [-0.3, -0.25) is 4.90 Å². The summed E-state index contributed by atoms with van der Waals surface area (Å²) in [5.74, 6) is 0.833. The average molecular weight is 235 g/mol. The third-order valence-corrected chi connectivity index (χ3v) is 2.35. The van der Waals surface area contributed by atoms with Gasteiger partial charge in [0.1, 0.15) is 0 Å². The number of hydrogen-bond acceptors (Lipinski definition) is 2. The molecule has 96 valence electrons. The van der Waals surface area contributed by atoms with E-state index in [0.29, 0.717) is 0 Å². The Morgan fingerprint density at radius 2 is 1.59 bits per heavy atom. The maximum Gasteiger partial charge on any atom is 0.0594 e. The third kappa shape index (κ3) is 7.14. The highest BCUT2D eigenvalue weighted by Gasteiger charge is 2.09. The molecule has 0 spiro atoms. The summed E-state index contributed by atoms with van der Waals surface area (Å²) < 4.78 is 5.30. The first-order valence-corrected chi connectivity index (χ1v) is 6.52. The van der Waals surface area contributed by atoms with Crippen molar-refractivity contribution in [2.24, 2.45) is 5.92 Å². The molecule has 1 aliphatic rings. The molecule has 0 N–H and O–H groups in total. The van der Waals surface area contributed by atoms with E-state index in [-0.39, 0.29) is 0 Å². The molecule has 0 unspecified atom stereocenters. The minimum Gasteiger partial charge on any atom is -0.379 e. The number of rotatable bonds is 2. The molecule has 2 heteroatoms. The average Bonchev–Trinajstić information content (AvgIpc) is 2.31. The second-order valence-corrected chi connectivity index (χ2v) is 5.11. The van der Waals surface area contributed by atoms with Crippen LogP contribution >= 0.6 is 0 Å². The lowest BCUT2D eigenvalue weighted by Gasteiger charge is -2.26. The SMILES string of the molecule is CC(C)C.c1ccc(CN2CCOCC2)cc1. The Morgan fingerprint density at radius 3 is 2.12 bits per heavy atom. The number of hydrogen-bond donors (Lipinski definition) is 0. The summed E-state index contributed by atoms with van der Waals surface area (Å²) in [7, 11) is 0. The van der Waals surface area contributed by atoms with Crippen molar-refractivity contribution < 1.29 is 4.74 Å². The summed E-state index contributed by atoms with van der Waals surface area (Å²) >= 11 is 0. The zero-order chi connectivity index (χ0) is 12.5. The summed E-state index contributed by atoms with van der Waals surface area (Å²) in [6, 6.07) is 10.6. The number of ether oxygens (including phenoxy) is 1. The molecular formula is C15H25NO. The fourth-order valence-corrected chi connectivity index (χ4v) is 1.60. The molecule has 0 amide bonds. The van der Waals surface area contributed by atoms with Gasteiger partial charge in [0, 0.05) is 19.6 Å². The van der Waals surface area contributed by atoms with Gasteiger partial charge in [0.15, 0.2) is 0 Å². The molecule has 1 heterocycles. The summed E-state index contributed by atoms with van der Waals surface area (Å²) in [6.45, 7) is 11.5. The Morgan fingerprint density at radius 1 is 1.06 bits per heavy atom. The van der Waals surface area contributed by atoms with E-state index >= 15 is 0 Å². The summed E-state index contributed by atoms with van der Waals surface area (Å²) in [5.41, 5.74) is 1.39. The first kappa shape index (κ1) is 14.2. The standard InChI is InChI=1S/C11H15NO.C4H10/c1-2-4-11(5-3-1)10-12-6-8-13-9-7-12;1-4(2)3/h1-5H,6-10H2;4H,1-3H3. The highest BCUT2D eigenvalue weighted by molar-refractivity contribution is 5.14. The van der Waals surface area contributed by atoms with E-state index in [1.165, 1.54) is 5.56 Å². The van der Waals surface area contributed by atoms with Crippen LogP contribution in [0.15, 0.2) is 30.3 Å². The van der Waals surface area contributed by atoms with E-state index in [9.17, 15) is 0 Å². The largest absolute Gasteiger partial charge is 0.379 e. The first-order chi connectivity index (χ1) is 8.18. The van der Waals surface area contributed by atoms with Crippen molar-refractivity contribution in [2.75, 3.05) is 26.3 Å². The van der Waals surface area contributed by atoms with Gasteiger partial charge < -0.3 is 4.74 Å². The lowest BCUT2D eigenvalue weighted by Crippen LogP contribution is -2.35. The highest BCUT2D eigenvalue weighted by atomic mass is 16.5. The molecule has 1 saturated heterocycles. The summed E-state index contributed by atoms with van der Waals surface area (Å²) in [5, 5.41) is 0. The maximum absolute atomic E-state index is 5.30. The lowest BCUT2D eigenvalue weighted by molar-refractivity contribution is 0.0342. The Balaban J connectivity index is 0.000000317. The van der Waals surface area contributed by atoms with Gasteiger partial charge in [-0.25, -0.2) is 0 Å². The molecule has 0 aliphatic carbocycles. The van der Waals surface area contributed by atoms with E-state index in [2.05, 4.69) is 56.0 Å². The molecule has 0 aromatic heterocycles. The Bertz CT molecular complexity index is 275. The molecule has 2 nitrogen and oxygen atoms in total. The van der Waals surface area contributed by atoms with Crippen molar-refractivity contribution in [1.82, 2.24) is 4.90 Å². The van der Waals surface area contributed by atoms with Crippen molar-refractivity contribution in [3.8, 4) is 0 Å². The highest BCUT2D eigenvalue weighted by Crippen LogP contribution is 2.05. The first-order valence-electron chi connectivity index (χ1n) is 6.52. The third-order valence-electron chi connectivity index (χ3n) is 2.35. The fraction of sp³-hybridized carbons (Fsp3) is 0.600. The topological polar surface area (TPSA) is 12.5 Å². The minimum absolute atomic E-state index is 0.833. The van der Waals surface area contributed by atoms with E-state index in [4.69, 9.17) is 4.74 Å². The van der Waals surface area contributed by atoms with E-state index in [1.807, 2.05) is 0 Å². The van der Waals surface area contributed by atoms with Gasteiger partial charge in [-0.1, -0.05) is 51.1 Å². The molecule has 0 bridgehead atoms. The Labute approximate surface area is 106 Å². The van der Waals surface area contributed by atoms with Crippen LogP contribution in [-0.2, 0) is 11.3 Å². The van der Waals surface area contributed by atoms with Gasteiger partial charge in [0.05, 0.1) is 13.2 Å². The molecule has 0 atom stereocenters. The van der Waals surface area contributed by atoms with Crippen LogP contribution in [0.25, 0.3) is 0 Å². The van der Waals surface area contributed by atoms with E-state index in [1.54, 1.807) is 0 Å². The van der Waals surface area contributed by atoms with Crippen molar-refractivity contribution in [3.05, 3.63) is 35.9 Å². The molecule has 2 rings (SSSR count). The number of benzene rings is 1. The number of nitrogens with zero attached hydrogens (tertiary/aromatic N) is 1. The fourth-order valence-electron chi connectivity index (χ4n) is 1.60. The van der Waals surface area contributed by atoms with Crippen molar-refractivity contribution in [3.63, 3.8) is 0 Å². The van der Waals surface area contributed by atoms with Crippen LogP contribution in [-0.4, -0.2) is 31.2 Å². The van der Waals surface area contributed by atoms with E-state index < -0.39 is 0 Å². The molecule has 1 fully saturated rings. The van der Waals surface area contributed by atoms with Crippen LogP contribution in [0.3, 0.4) is 0 Å². The van der Waals surface area contributed by atoms with Gasteiger partial charge in [-0.15, -0.1) is 0 Å². The molecule has 0 saturated carbocycles. The van der Waals surface area contributed by atoms with Gasteiger partial charge in [0.25, 0.3) is 0 Å². The Hall–Kier alpha value is -0.860. The van der Waals surface area contributed by atoms with Crippen LogP contribution in [0.2, 0.25) is 0 Å². The normalized spacial score (nSPS) is 16.5. The molecular weight excluding hydrogens is 210 g/mol. The second kappa shape index (κ2) is 8.26. The van der Waals surface area contributed by atoms with Crippen LogP contribution in [0.1, 0.15) is 26.3 Å². The smallest absolute Gasteiger partial charge is 0.0594 e. The zero-order valence-electron chi connectivity index (χ0n) is 11.4. The monoisotopic (exact) mass is 235 g/mol. The Kier molecular flexibility index (Phi) is 6.90. The minimum atomic E-state index is 0.833. The van der Waals surface area contributed by atoms with Crippen LogP contribution < -0.4 is 0 Å². The van der Waals surface area contributed by atoms with Crippen LogP contribution in [0.4, 0.5) is 0 Å². The maximum atomic E-state index is 5.30. The van der Waals surface area contributed by atoms with Gasteiger partial charge in [-0.05, 0) is 11.5 Å². The van der Waals surface area contributed by atoms with Gasteiger partial charge >= 0.3 is 0 Å². The molecule has 1 aromatic rings. The quantitative estimate of drug-likeness (QED) is 0.780. The zero-order valence-corrected chi connectivity index (χ0v) is 11.4. The predicted molar refractivity (Wildman–Crippen MR) is 73.1 cm³/mol. The number of morpholine rings is 1. The van der Waals surface area contributed by atoms with Crippen molar-refractivity contribution in [2.45, 2.75) is 27.3 Å². The predicted octanol–water partition coefficient (Wildman–Crippen LogP) is 3.18. The van der Waals surface area contributed by atoms with Crippen molar-refractivity contribution >= 4 is 0 Å². The van der Waals surface area contributed by atoms with Gasteiger partial charge in [0.2, 0.25) is 0 Å².